The first kappa shape index (κ1) is 14.7. The van der Waals surface area contributed by atoms with Gasteiger partial charge in [-0.1, -0.05) is 0 Å². The molecule has 0 bridgehead atoms. The monoisotopic (exact) mass is 342 g/mol. The highest BCUT2D eigenvalue weighted by Crippen LogP contribution is 2.17. The summed E-state index contributed by atoms with van der Waals surface area (Å²) in [5.74, 6) is 0.763. The highest BCUT2D eigenvalue weighted by molar-refractivity contribution is 9.10. The lowest BCUT2D eigenvalue weighted by atomic mass is 10.1. The minimum atomic E-state index is 0.635. The van der Waals surface area contributed by atoms with Crippen LogP contribution in [0.3, 0.4) is 0 Å². The van der Waals surface area contributed by atoms with Crippen LogP contribution in [0.15, 0.2) is 22.8 Å². The van der Waals surface area contributed by atoms with E-state index in [1.54, 1.807) is 6.20 Å². The fourth-order valence-electron chi connectivity index (χ4n) is 2.31. The SMILES string of the molecule is CN1CCCC1CCNC(=S)Nc1ccc(Br)cn1. The molecule has 104 valence electrons. The summed E-state index contributed by atoms with van der Waals surface area (Å²) in [5, 5.41) is 6.95. The van der Waals surface area contributed by atoms with Crippen LogP contribution in [0.4, 0.5) is 5.82 Å². The van der Waals surface area contributed by atoms with Gasteiger partial charge in [-0.05, 0) is 73.1 Å². The molecular formula is C13H19BrN4S. The molecule has 0 aromatic carbocycles. The van der Waals surface area contributed by atoms with E-state index in [4.69, 9.17) is 12.2 Å². The van der Waals surface area contributed by atoms with Gasteiger partial charge in [-0.15, -0.1) is 0 Å². The molecule has 1 aliphatic heterocycles. The summed E-state index contributed by atoms with van der Waals surface area (Å²) in [5.41, 5.74) is 0. The fraction of sp³-hybridized carbons (Fsp3) is 0.538. The van der Waals surface area contributed by atoms with Gasteiger partial charge >= 0.3 is 0 Å². The maximum Gasteiger partial charge on any atom is 0.171 e. The maximum atomic E-state index is 5.25. The van der Waals surface area contributed by atoms with Crippen LogP contribution >= 0.6 is 28.1 Å². The van der Waals surface area contributed by atoms with Crippen molar-refractivity contribution in [3.8, 4) is 0 Å². The Morgan fingerprint density at radius 2 is 2.42 bits per heavy atom. The number of hydrogen-bond donors (Lipinski definition) is 2. The molecule has 0 radical (unpaired) electrons. The number of rotatable bonds is 4. The average Bonchev–Trinajstić information content (AvgIpc) is 2.78. The second-order valence-electron chi connectivity index (χ2n) is 4.81. The van der Waals surface area contributed by atoms with E-state index in [1.807, 2.05) is 12.1 Å². The molecular weight excluding hydrogens is 324 g/mol. The summed E-state index contributed by atoms with van der Waals surface area (Å²) >= 11 is 8.60. The summed E-state index contributed by atoms with van der Waals surface area (Å²) in [6.45, 7) is 2.12. The van der Waals surface area contributed by atoms with Gasteiger partial charge in [0.2, 0.25) is 0 Å². The summed E-state index contributed by atoms with van der Waals surface area (Å²) in [6, 6.07) is 4.52. The molecule has 1 aliphatic rings. The van der Waals surface area contributed by atoms with Gasteiger partial charge in [-0.3, -0.25) is 0 Å². The molecule has 0 spiro atoms. The van der Waals surface area contributed by atoms with E-state index in [2.05, 4.69) is 43.5 Å². The van der Waals surface area contributed by atoms with E-state index >= 15 is 0 Å². The molecule has 6 heteroatoms. The van der Waals surface area contributed by atoms with Crippen LogP contribution in [0, 0.1) is 0 Å². The van der Waals surface area contributed by atoms with Crippen molar-refractivity contribution in [3.05, 3.63) is 22.8 Å². The second-order valence-corrected chi connectivity index (χ2v) is 6.13. The van der Waals surface area contributed by atoms with Crippen molar-refractivity contribution in [2.75, 3.05) is 25.5 Å². The number of hydrogen-bond acceptors (Lipinski definition) is 3. The van der Waals surface area contributed by atoms with Crippen LogP contribution < -0.4 is 10.6 Å². The molecule has 19 heavy (non-hydrogen) atoms. The quantitative estimate of drug-likeness (QED) is 0.823. The van der Waals surface area contributed by atoms with Crippen molar-refractivity contribution in [2.45, 2.75) is 25.3 Å². The van der Waals surface area contributed by atoms with Gasteiger partial charge in [-0.25, -0.2) is 4.98 Å². The van der Waals surface area contributed by atoms with Crippen LogP contribution in [0.2, 0.25) is 0 Å². The Balaban J connectivity index is 1.68. The normalized spacial score (nSPS) is 19.4. The van der Waals surface area contributed by atoms with Crippen molar-refractivity contribution in [2.24, 2.45) is 0 Å². The average molecular weight is 343 g/mol. The lowest BCUT2D eigenvalue weighted by molar-refractivity contribution is 0.297. The molecule has 2 heterocycles. The standard InChI is InChI=1S/C13H19BrN4S/c1-18-8-2-3-11(18)6-7-15-13(19)17-12-5-4-10(14)9-16-12/h4-5,9,11H,2-3,6-8H2,1H3,(H2,15,16,17,19). The van der Waals surface area contributed by atoms with Gasteiger partial charge in [0.05, 0.1) is 0 Å². The van der Waals surface area contributed by atoms with E-state index in [-0.39, 0.29) is 0 Å². The van der Waals surface area contributed by atoms with Crippen LogP contribution in [-0.4, -0.2) is 41.2 Å². The molecule has 2 rings (SSSR count). The van der Waals surface area contributed by atoms with Crippen molar-refractivity contribution >= 4 is 39.1 Å². The highest BCUT2D eigenvalue weighted by atomic mass is 79.9. The Hall–Kier alpha value is -0.720. The third-order valence-corrected chi connectivity index (χ3v) is 4.12. The van der Waals surface area contributed by atoms with E-state index < -0.39 is 0 Å². The van der Waals surface area contributed by atoms with Gasteiger partial charge in [0, 0.05) is 23.3 Å². The number of likely N-dealkylation sites (tertiary alicyclic amines) is 1. The third-order valence-electron chi connectivity index (χ3n) is 3.40. The van der Waals surface area contributed by atoms with Gasteiger partial charge in [0.15, 0.2) is 5.11 Å². The topological polar surface area (TPSA) is 40.2 Å². The van der Waals surface area contributed by atoms with Crippen LogP contribution in [0.1, 0.15) is 19.3 Å². The van der Waals surface area contributed by atoms with Crippen molar-refractivity contribution in [1.82, 2.24) is 15.2 Å². The molecule has 0 aliphatic carbocycles. The zero-order valence-electron chi connectivity index (χ0n) is 11.0. The fourth-order valence-corrected chi connectivity index (χ4v) is 2.75. The summed E-state index contributed by atoms with van der Waals surface area (Å²) in [6.07, 6.45) is 5.49. The Morgan fingerprint density at radius 1 is 1.58 bits per heavy atom. The molecule has 0 saturated carbocycles. The zero-order valence-corrected chi connectivity index (χ0v) is 13.4. The van der Waals surface area contributed by atoms with Crippen molar-refractivity contribution in [3.63, 3.8) is 0 Å². The lowest BCUT2D eigenvalue weighted by Gasteiger charge is -2.19. The van der Waals surface area contributed by atoms with Gasteiger partial charge in [0.1, 0.15) is 5.82 Å². The van der Waals surface area contributed by atoms with Gasteiger partial charge < -0.3 is 15.5 Å². The summed E-state index contributed by atoms with van der Waals surface area (Å²) in [4.78, 5) is 6.65. The Bertz CT molecular complexity index is 423. The smallest absolute Gasteiger partial charge is 0.171 e. The lowest BCUT2D eigenvalue weighted by Crippen LogP contribution is -2.34. The van der Waals surface area contributed by atoms with Crippen LogP contribution in [0.25, 0.3) is 0 Å². The number of aromatic nitrogens is 1. The van der Waals surface area contributed by atoms with E-state index in [9.17, 15) is 0 Å². The number of nitrogens with one attached hydrogen (secondary N) is 2. The summed E-state index contributed by atoms with van der Waals surface area (Å²) in [7, 11) is 2.19. The Morgan fingerprint density at radius 3 is 3.05 bits per heavy atom. The Kier molecular flexibility index (Phi) is 5.54. The molecule has 0 amide bonds. The first-order chi connectivity index (χ1) is 9.15. The van der Waals surface area contributed by atoms with Crippen LogP contribution in [-0.2, 0) is 0 Å². The second kappa shape index (κ2) is 7.17. The number of pyridine rings is 1. The molecule has 1 aromatic heterocycles. The maximum absolute atomic E-state index is 5.25. The molecule has 2 N–H and O–H groups in total. The predicted molar refractivity (Wildman–Crippen MR) is 86.4 cm³/mol. The molecule has 1 unspecified atom stereocenters. The minimum absolute atomic E-state index is 0.635. The highest BCUT2D eigenvalue weighted by Gasteiger charge is 2.19. The largest absolute Gasteiger partial charge is 0.362 e. The van der Waals surface area contributed by atoms with E-state index in [0.717, 1.165) is 23.3 Å². The van der Waals surface area contributed by atoms with Crippen LogP contribution in [0.5, 0.6) is 0 Å². The first-order valence-electron chi connectivity index (χ1n) is 6.52. The van der Waals surface area contributed by atoms with E-state index in [0.29, 0.717) is 11.2 Å². The minimum Gasteiger partial charge on any atom is -0.362 e. The predicted octanol–water partition coefficient (Wildman–Crippen LogP) is 2.61. The summed E-state index contributed by atoms with van der Waals surface area (Å²) < 4.78 is 0.959. The zero-order chi connectivity index (χ0) is 13.7. The molecule has 1 fully saturated rings. The number of nitrogens with zero attached hydrogens (tertiary/aromatic N) is 2. The molecule has 1 saturated heterocycles. The molecule has 4 nitrogen and oxygen atoms in total. The van der Waals surface area contributed by atoms with E-state index in [1.165, 1.54) is 19.4 Å². The number of halogens is 1. The number of anilines is 1. The third kappa shape index (κ3) is 4.71. The van der Waals surface area contributed by atoms with Crippen molar-refractivity contribution in [1.29, 1.82) is 0 Å². The van der Waals surface area contributed by atoms with Gasteiger partial charge in [-0.2, -0.15) is 0 Å². The van der Waals surface area contributed by atoms with Gasteiger partial charge in [0.25, 0.3) is 0 Å². The molecule has 1 aromatic rings. The number of thiocarbonyl (C=S) groups is 1. The van der Waals surface area contributed by atoms with Crippen molar-refractivity contribution < 1.29 is 0 Å². The Labute approximate surface area is 128 Å². The first-order valence-corrected chi connectivity index (χ1v) is 7.72. The molecule has 1 atom stereocenters.